The number of hydrogen-bond acceptors (Lipinski definition) is 3. The van der Waals surface area contributed by atoms with Gasteiger partial charge in [-0.2, -0.15) is 5.26 Å². The number of nitrogens with zero attached hydrogens (tertiary/aromatic N) is 1. The molecule has 1 N–H and O–H groups in total. The highest BCUT2D eigenvalue weighted by molar-refractivity contribution is 9.11. The molecule has 3 nitrogen and oxygen atoms in total. The van der Waals surface area contributed by atoms with E-state index in [1.807, 2.05) is 51.1 Å². The number of nitrogens with one attached hydrogen (secondary N) is 1. The molecule has 1 aromatic heterocycles. The van der Waals surface area contributed by atoms with Gasteiger partial charge in [-0.25, -0.2) is 0 Å². The van der Waals surface area contributed by atoms with Crippen LogP contribution in [-0.4, -0.2) is 5.91 Å². The standard InChI is InChI=1S/C17H15BrN2OS/c1-10-6-11(2)16(12(3)7-10)20-17(21)13(9-19)8-14-4-5-15(18)22-14/h4-8H,1-3H3,(H,20,21). The Kier molecular flexibility index (Phi) is 5.17. The zero-order valence-electron chi connectivity index (χ0n) is 12.5. The van der Waals surface area contributed by atoms with E-state index >= 15 is 0 Å². The van der Waals surface area contributed by atoms with Crippen LogP contribution in [0.15, 0.2) is 33.6 Å². The van der Waals surface area contributed by atoms with Crippen molar-refractivity contribution in [3.8, 4) is 6.07 Å². The Hall–Kier alpha value is -1.90. The number of carbonyl (C=O) groups excluding carboxylic acids is 1. The topological polar surface area (TPSA) is 52.9 Å². The largest absolute Gasteiger partial charge is 0.321 e. The molecular weight excluding hydrogens is 360 g/mol. The summed E-state index contributed by atoms with van der Waals surface area (Å²) in [5.41, 5.74) is 3.98. The summed E-state index contributed by atoms with van der Waals surface area (Å²) in [7, 11) is 0. The predicted molar refractivity (Wildman–Crippen MR) is 94.9 cm³/mol. The first-order valence-electron chi connectivity index (χ1n) is 6.67. The molecule has 0 fully saturated rings. The molecule has 0 spiro atoms. The molecule has 0 saturated heterocycles. The molecule has 5 heteroatoms. The van der Waals surface area contributed by atoms with Crippen molar-refractivity contribution in [1.82, 2.24) is 0 Å². The molecule has 0 aliphatic carbocycles. The van der Waals surface area contributed by atoms with Gasteiger partial charge in [-0.3, -0.25) is 4.79 Å². The van der Waals surface area contributed by atoms with Crippen molar-refractivity contribution < 1.29 is 4.79 Å². The van der Waals surface area contributed by atoms with Crippen molar-refractivity contribution in [2.24, 2.45) is 0 Å². The minimum atomic E-state index is -0.387. The highest BCUT2D eigenvalue weighted by atomic mass is 79.9. The third-order valence-corrected chi connectivity index (χ3v) is 4.73. The summed E-state index contributed by atoms with van der Waals surface area (Å²) in [6.07, 6.45) is 1.60. The molecule has 0 aliphatic heterocycles. The fourth-order valence-electron chi connectivity index (χ4n) is 2.25. The smallest absolute Gasteiger partial charge is 0.266 e. The summed E-state index contributed by atoms with van der Waals surface area (Å²) in [6.45, 7) is 5.91. The van der Waals surface area contributed by atoms with Crippen LogP contribution in [-0.2, 0) is 4.79 Å². The lowest BCUT2D eigenvalue weighted by atomic mass is 10.0. The van der Waals surface area contributed by atoms with Crippen LogP contribution in [0.25, 0.3) is 6.08 Å². The number of amides is 1. The lowest BCUT2D eigenvalue weighted by Crippen LogP contribution is -2.15. The van der Waals surface area contributed by atoms with Gasteiger partial charge in [0.15, 0.2) is 0 Å². The molecule has 0 radical (unpaired) electrons. The van der Waals surface area contributed by atoms with Crippen LogP contribution in [0.3, 0.4) is 0 Å². The third-order valence-electron chi connectivity index (χ3n) is 3.16. The first kappa shape index (κ1) is 16.5. The van der Waals surface area contributed by atoms with Gasteiger partial charge < -0.3 is 5.32 Å². The molecule has 1 amide bonds. The van der Waals surface area contributed by atoms with Gasteiger partial charge in [0.25, 0.3) is 5.91 Å². The second kappa shape index (κ2) is 6.91. The molecule has 0 atom stereocenters. The fraction of sp³-hybridized carbons (Fsp3) is 0.176. The maximum atomic E-state index is 12.3. The van der Waals surface area contributed by atoms with Crippen LogP contribution in [0.1, 0.15) is 21.6 Å². The van der Waals surface area contributed by atoms with E-state index < -0.39 is 0 Å². The molecule has 2 aromatic rings. The van der Waals surface area contributed by atoms with Crippen molar-refractivity contribution >= 4 is 44.9 Å². The molecule has 0 aliphatic rings. The summed E-state index contributed by atoms with van der Waals surface area (Å²) in [4.78, 5) is 13.2. The lowest BCUT2D eigenvalue weighted by molar-refractivity contribution is -0.112. The Morgan fingerprint density at radius 3 is 2.41 bits per heavy atom. The summed E-state index contributed by atoms with van der Waals surface area (Å²) < 4.78 is 0.960. The first-order valence-corrected chi connectivity index (χ1v) is 8.28. The average molecular weight is 375 g/mol. The second-order valence-corrected chi connectivity index (χ2v) is 7.53. The Bertz CT molecular complexity index is 776. The Labute approximate surface area is 142 Å². The number of nitriles is 1. The van der Waals surface area contributed by atoms with E-state index in [9.17, 15) is 10.1 Å². The van der Waals surface area contributed by atoms with Gasteiger partial charge in [0.2, 0.25) is 0 Å². The zero-order valence-corrected chi connectivity index (χ0v) is 14.9. The SMILES string of the molecule is Cc1cc(C)c(NC(=O)C(C#N)=Cc2ccc(Br)s2)c(C)c1. The number of halogens is 1. The van der Waals surface area contributed by atoms with Crippen LogP contribution in [0, 0.1) is 32.1 Å². The van der Waals surface area contributed by atoms with Crippen LogP contribution < -0.4 is 5.32 Å². The number of thiophene rings is 1. The van der Waals surface area contributed by atoms with E-state index in [-0.39, 0.29) is 11.5 Å². The summed E-state index contributed by atoms with van der Waals surface area (Å²) >= 11 is 4.84. The molecule has 1 heterocycles. The average Bonchev–Trinajstić information content (AvgIpc) is 2.85. The molecule has 2 rings (SSSR count). The third kappa shape index (κ3) is 3.85. The molecule has 0 bridgehead atoms. The second-order valence-electron chi connectivity index (χ2n) is 5.04. The van der Waals surface area contributed by atoms with Gasteiger partial charge in [-0.1, -0.05) is 17.7 Å². The summed E-state index contributed by atoms with van der Waals surface area (Å²) in [5, 5.41) is 12.1. The fourth-order valence-corrected chi connectivity index (χ4v) is 3.62. The molecule has 112 valence electrons. The van der Waals surface area contributed by atoms with E-state index in [1.165, 1.54) is 11.3 Å². The van der Waals surface area contributed by atoms with Crippen molar-refractivity contribution in [1.29, 1.82) is 5.26 Å². The maximum absolute atomic E-state index is 12.3. The van der Waals surface area contributed by atoms with Gasteiger partial charge >= 0.3 is 0 Å². The van der Waals surface area contributed by atoms with E-state index in [2.05, 4.69) is 21.2 Å². The maximum Gasteiger partial charge on any atom is 0.266 e. The number of anilines is 1. The Balaban J connectivity index is 2.28. The highest BCUT2D eigenvalue weighted by Gasteiger charge is 2.13. The molecule has 0 saturated carbocycles. The zero-order chi connectivity index (χ0) is 16.3. The van der Waals surface area contributed by atoms with E-state index in [0.29, 0.717) is 0 Å². The van der Waals surface area contributed by atoms with Gasteiger partial charge in [-0.05, 0) is 66.0 Å². The van der Waals surface area contributed by atoms with Crippen molar-refractivity contribution in [3.05, 3.63) is 55.2 Å². The number of benzene rings is 1. The molecule has 22 heavy (non-hydrogen) atoms. The van der Waals surface area contributed by atoms with Crippen LogP contribution in [0.4, 0.5) is 5.69 Å². The molecule has 1 aromatic carbocycles. The van der Waals surface area contributed by atoms with Crippen LogP contribution in [0.2, 0.25) is 0 Å². The number of aryl methyl sites for hydroxylation is 3. The van der Waals surface area contributed by atoms with Gasteiger partial charge in [0.05, 0.1) is 3.79 Å². The van der Waals surface area contributed by atoms with E-state index in [1.54, 1.807) is 6.08 Å². The quantitative estimate of drug-likeness (QED) is 0.608. The molecular formula is C17H15BrN2OS. The highest BCUT2D eigenvalue weighted by Crippen LogP contribution is 2.25. The minimum absolute atomic E-state index is 0.0914. The molecule has 0 unspecified atom stereocenters. The predicted octanol–water partition coefficient (Wildman–Crippen LogP) is 4.98. The normalized spacial score (nSPS) is 11.1. The van der Waals surface area contributed by atoms with E-state index in [0.717, 1.165) is 31.0 Å². The minimum Gasteiger partial charge on any atom is -0.321 e. The van der Waals surface area contributed by atoms with Crippen LogP contribution in [0.5, 0.6) is 0 Å². The summed E-state index contributed by atoms with van der Waals surface area (Å²) in [5.74, 6) is -0.387. The first-order chi connectivity index (χ1) is 10.4. The van der Waals surface area contributed by atoms with Crippen molar-refractivity contribution in [2.45, 2.75) is 20.8 Å². The number of carbonyl (C=O) groups is 1. The Morgan fingerprint density at radius 2 is 1.91 bits per heavy atom. The monoisotopic (exact) mass is 374 g/mol. The number of rotatable bonds is 3. The van der Waals surface area contributed by atoms with Gasteiger partial charge in [0.1, 0.15) is 11.6 Å². The van der Waals surface area contributed by atoms with Gasteiger partial charge in [-0.15, -0.1) is 11.3 Å². The van der Waals surface area contributed by atoms with E-state index in [4.69, 9.17) is 0 Å². The van der Waals surface area contributed by atoms with Crippen molar-refractivity contribution in [2.75, 3.05) is 5.32 Å². The van der Waals surface area contributed by atoms with Crippen molar-refractivity contribution in [3.63, 3.8) is 0 Å². The lowest BCUT2D eigenvalue weighted by Gasteiger charge is -2.12. The van der Waals surface area contributed by atoms with Gasteiger partial charge in [0, 0.05) is 10.6 Å². The number of hydrogen-bond donors (Lipinski definition) is 1. The Morgan fingerprint density at radius 1 is 1.27 bits per heavy atom. The summed E-state index contributed by atoms with van der Waals surface area (Å²) in [6, 6.07) is 9.74. The van der Waals surface area contributed by atoms with Crippen LogP contribution >= 0.6 is 27.3 Å².